The van der Waals surface area contributed by atoms with Crippen LogP contribution in [-0.2, 0) is 0 Å². The molecule has 0 amide bonds. The van der Waals surface area contributed by atoms with E-state index in [9.17, 15) is 0 Å². The largest absolute Gasteiger partial charge is 0.257 e. The maximum absolute atomic E-state index is 3.59. The van der Waals surface area contributed by atoms with Gasteiger partial charge in [0.2, 0.25) is 0 Å². The molecule has 2 aliphatic carbocycles. The molecule has 3 unspecified atom stereocenters. The van der Waals surface area contributed by atoms with Gasteiger partial charge in [0.15, 0.2) is 0 Å². The third-order valence-electron chi connectivity index (χ3n) is 6.25. The van der Waals surface area contributed by atoms with Crippen molar-refractivity contribution in [2.75, 3.05) is 6.54 Å². The van der Waals surface area contributed by atoms with Gasteiger partial charge < -0.3 is 0 Å². The van der Waals surface area contributed by atoms with Gasteiger partial charge in [0.25, 0.3) is 0 Å². The second-order valence-corrected chi connectivity index (χ2v) is 6.84. The molecule has 2 nitrogen and oxygen atoms in total. The van der Waals surface area contributed by atoms with E-state index in [2.05, 4.69) is 38.5 Å². The molecule has 3 rings (SSSR count). The Morgan fingerprint density at radius 1 is 1.20 bits per heavy atom. The molecule has 3 aliphatic rings. The Morgan fingerprint density at radius 3 is 2.60 bits per heavy atom. The van der Waals surface area contributed by atoms with Crippen LogP contribution in [0.4, 0.5) is 0 Å². The zero-order valence-electron chi connectivity index (χ0n) is 10.4. The maximum atomic E-state index is 3.59. The highest BCUT2D eigenvalue weighted by Gasteiger charge is 2.67. The lowest BCUT2D eigenvalue weighted by Crippen LogP contribution is -2.59. The zero-order chi connectivity index (χ0) is 10.8. The topological polar surface area (TPSA) is 24.1 Å². The molecular formula is C13H24N2. The Kier molecular flexibility index (Phi) is 1.87. The highest BCUT2D eigenvalue weighted by Crippen LogP contribution is 2.69. The van der Waals surface area contributed by atoms with Crippen molar-refractivity contribution in [1.29, 1.82) is 0 Å². The standard InChI is InChI=1S/C13H24N2/c1-8-7-14-15-11-10(8)9-5-6-13(11,4)12(9,2)3/h8-11,14-15H,5-7H2,1-4H3/t8?,9-,10?,11?,13-/m0/s1. The summed E-state index contributed by atoms with van der Waals surface area (Å²) in [7, 11) is 0. The first-order chi connectivity index (χ1) is 6.98. The summed E-state index contributed by atoms with van der Waals surface area (Å²) in [5.74, 6) is 2.68. The summed E-state index contributed by atoms with van der Waals surface area (Å²) in [5, 5.41) is 0. The van der Waals surface area contributed by atoms with E-state index in [0.717, 1.165) is 24.3 Å². The monoisotopic (exact) mass is 208 g/mol. The Hall–Kier alpha value is -0.0800. The van der Waals surface area contributed by atoms with Crippen LogP contribution < -0.4 is 10.9 Å². The number of hydrazine groups is 1. The third kappa shape index (κ3) is 0.980. The molecule has 0 aromatic carbocycles. The van der Waals surface area contributed by atoms with Gasteiger partial charge >= 0.3 is 0 Å². The molecule has 0 aromatic rings. The van der Waals surface area contributed by atoms with Crippen molar-refractivity contribution in [1.82, 2.24) is 10.9 Å². The minimum atomic E-state index is 0.504. The lowest BCUT2D eigenvalue weighted by atomic mass is 9.68. The normalized spacial score (nSPS) is 56.8. The summed E-state index contributed by atoms with van der Waals surface area (Å²) < 4.78 is 0. The number of hydrogen-bond acceptors (Lipinski definition) is 2. The molecule has 3 fully saturated rings. The van der Waals surface area contributed by atoms with Gasteiger partial charge in [-0.3, -0.25) is 10.9 Å². The number of nitrogens with one attached hydrogen (secondary N) is 2. The first-order valence-corrected chi connectivity index (χ1v) is 6.47. The Morgan fingerprint density at radius 2 is 1.93 bits per heavy atom. The fourth-order valence-electron chi connectivity index (χ4n) is 4.90. The van der Waals surface area contributed by atoms with E-state index in [1.165, 1.54) is 12.8 Å². The predicted octanol–water partition coefficient (Wildman–Crippen LogP) is 2.17. The van der Waals surface area contributed by atoms with Gasteiger partial charge in [-0.05, 0) is 41.4 Å². The first kappa shape index (κ1) is 10.1. The van der Waals surface area contributed by atoms with Gasteiger partial charge in [0.1, 0.15) is 0 Å². The first-order valence-electron chi connectivity index (χ1n) is 6.47. The molecule has 5 atom stereocenters. The van der Waals surface area contributed by atoms with E-state index in [4.69, 9.17) is 0 Å². The molecule has 2 N–H and O–H groups in total. The fourth-order valence-corrected chi connectivity index (χ4v) is 4.90. The van der Waals surface area contributed by atoms with Gasteiger partial charge in [0, 0.05) is 12.6 Å². The van der Waals surface area contributed by atoms with Crippen LogP contribution in [0.5, 0.6) is 0 Å². The Balaban J connectivity index is 2.03. The molecule has 2 bridgehead atoms. The summed E-state index contributed by atoms with van der Waals surface area (Å²) >= 11 is 0. The maximum Gasteiger partial charge on any atom is 0.0305 e. The minimum Gasteiger partial charge on any atom is -0.257 e. The Labute approximate surface area is 93.2 Å². The van der Waals surface area contributed by atoms with E-state index in [1.54, 1.807) is 0 Å². The van der Waals surface area contributed by atoms with Crippen LogP contribution in [0.1, 0.15) is 40.5 Å². The van der Waals surface area contributed by atoms with E-state index in [0.29, 0.717) is 16.9 Å². The lowest BCUT2D eigenvalue weighted by Gasteiger charge is -2.45. The van der Waals surface area contributed by atoms with Crippen LogP contribution in [0.2, 0.25) is 0 Å². The van der Waals surface area contributed by atoms with Crippen LogP contribution in [0.15, 0.2) is 0 Å². The molecule has 1 heterocycles. The van der Waals surface area contributed by atoms with Gasteiger partial charge in [-0.15, -0.1) is 0 Å². The van der Waals surface area contributed by atoms with E-state index >= 15 is 0 Å². The van der Waals surface area contributed by atoms with E-state index < -0.39 is 0 Å². The van der Waals surface area contributed by atoms with Crippen LogP contribution in [0.3, 0.4) is 0 Å². The summed E-state index contributed by atoms with van der Waals surface area (Å²) in [6.45, 7) is 11.1. The lowest BCUT2D eigenvalue weighted by molar-refractivity contribution is 0.0739. The van der Waals surface area contributed by atoms with Crippen molar-refractivity contribution in [3.05, 3.63) is 0 Å². The van der Waals surface area contributed by atoms with E-state index in [-0.39, 0.29) is 0 Å². The van der Waals surface area contributed by atoms with Crippen LogP contribution in [0, 0.1) is 28.6 Å². The van der Waals surface area contributed by atoms with E-state index in [1.807, 2.05) is 0 Å². The van der Waals surface area contributed by atoms with Crippen molar-refractivity contribution in [2.45, 2.75) is 46.6 Å². The highest BCUT2D eigenvalue weighted by atomic mass is 15.4. The van der Waals surface area contributed by atoms with Crippen molar-refractivity contribution in [3.8, 4) is 0 Å². The molecule has 0 spiro atoms. The summed E-state index contributed by atoms with van der Waals surface area (Å²) in [4.78, 5) is 0. The number of fused-ring (bicyclic) bond motifs is 5. The molecule has 2 saturated carbocycles. The zero-order valence-corrected chi connectivity index (χ0v) is 10.4. The third-order valence-corrected chi connectivity index (χ3v) is 6.25. The van der Waals surface area contributed by atoms with Crippen molar-refractivity contribution in [2.24, 2.45) is 28.6 Å². The SMILES string of the molecule is CC1CNNC2C1[C@@H]1CC[C@]2(C)C1(C)C. The molecule has 15 heavy (non-hydrogen) atoms. The predicted molar refractivity (Wildman–Crippen MR) is 62.2 cm³/mol. The highest BCUT2D eigenvalue weighted by molar-refractivity contribution is 5.18. The molecule has 0 radical (unpaired) electrons. The summed E-state index contributed by atoms with van der Waals surface area (Å²) in [5.41, 5.74) is 8.02. The van der Waals surface area contributed by atoms with Crippen molar-refractivity contribution >= 4 is 0 Å². The van der Waals surface area contributed by atoms with Gasteiger partial charge in [-0.2, -0.15) is 0 Å². The van der Waals surface area contributed by atoms with Crippen molar-refractivity contribution in [3.63, 3.8) is 0 Å². The van der Waals surface area contributed by atoms with Crippen LogP contribution in [0.25, 0.3) is 0 Å². The van der Waals surface area contributed by atoms with Gasteiger partial charge in [0.05, 0.1) is 0 Å². The van der Waals surface area contributed by atoms with Crippen molar-refractivity contribution < 1.29 is 0 Å². The summed E-state index contributed by atoms with van der Waals surface area (Å²) in [6.07, 6.45) is 2.86. The number of rotatable bonds is 0. The number of hydrogen-bond donors (Lipinski definition) is 2. The fraction of sp³-hybridized carbons (Fsp3) is 1.00. The molecular weight excluding hydrogens is 184 g/mol. The second kappa shape index (κ2) is 2.78. The molecule has 0 aromatic heterocycles. The average Bonchev–Trinajstić information content (AvgIpc) is 2.49. The molecule has 1 saturated heterocycles. The summed E-state index contributed by atoms with van der Waals surface area (Å²) in [6, 6.07) is 0.704. The molecule has 1 aliphatic heterocycles. The van der Waals surface area contributed by atoms with Crippen LogP contribution >= 0.6 is 0 Å². The molecule has 2 heteroatoms. The Bertz CT molecular complexity index is 286. The minimum absolute atomic E-state index is 0.504. The van der Waals surface area contributed by atoms with Gasteiger partial charge in [-0.1, -0.05) is 27.7 Å². The molecule has 86 valence electrons. The van der Waals surface area contributed by atoms with Gasteiger partial charge in [-0.25, -0.2) is 0 Å². The smallest absolute Gasteiger partial charge is 0.0305 e. The van der Waals surface area contributed by atoms with Crippen LogP contribution in [-0.4, -0.2) is 12.6 Å². The quantitative estimate of drug-likeness (QED) is 0.637. The second-order valence-electron chi connectivity index (χ2n) is 6.84. The average molecular weight is 208 g/mol.